The number of nitrogens with one attached hydrogen (secondary N) is 3. The summed E-state index contributed by atoms with van der Waals surface area (Å²) < 4.78 is 0. The summed E-state index contributed by atoms with van der Waals surface area (Å²) in [4.78, 5) is 22.8. The third kappa shape index (κ3) is 5.00. The molecule has 1 aliphatic rings. The molecule has 1 aliphatic heterocycles. The van der Waals surface area contributed by atoms with Crippen LogP contribution in [0, 0.1) is 0 Å². The highest BCUT2D eigenvalue weighted by atomic mass is 35.5. The molecule has 0 aromatic heterocycles. The number of hydrogen-bond acceptors (Lipinski definition) is 4. The molecule has 1 fully saturated rings. The summed E-state index contributed by atoms with van der Waals surface area (Å²) in [7, 11) is 0. The van der Waals surface area contributed by atoms with Gasteiger partial charge in [-0.05, 0) is 44.2 Å². The van der Waals surface area contributed by atoms with Crippen molar-refractivity contribution in [2.45, 2.75) is 18.9 Å². The minimum Gasteiger partial charge on any atom is -0.387 e. The highest BCUT2D eigenvalue weighted by Crippen LogP contribution is 2.13. The van der Waals surface area contributed by atoms with Crippen molar-refractivity contribution in [3.63, 3.8) is 0 Å². The summed E-state index contributed by atoms with van der Waals surface area (Å²) in [5.41, 5.74) is 0.335. The van der Waals surface area contributed by atoms with E-state index >= 15 is 0 Å². The predicted molar refractivity (Wildman–Crippen MR) is 83.2 cm³/mol. The van der Waals surface area contributed by atoms with E-state index in [9.17, 15) is 14.7 Å². The van der Waals surface area contributed by atoms with Crippen molar-refractivity contribution in [1.29, 1.82) is 0 Å². The molecule has 7 heteroatoms. The second kappa shape index (κ2) is 7.40. The van der Waals surface area contributed by atoms with Gasteiger partial charge in [0, 0.05) is 24.3 Å². The van der Waals surface area contributed by atoms with Gasteiger partial charge in [-0.2, -0.15) is 0 Å². The largest absolute Gasteiger partial charge is 0.387 e. The summed E-state index contributed by atoms with van der Waals surface area (Å²) in [6.45, 7) is 2.94. The van der Waals surface area contributed by atoms with Crippen LogP contribution in [-0.2, 0) is 0 Å². The SMILES string of the molecule is CC(=O)c1ccc(NC(=O)NCC2(O)CCNC2)cc1.Cl. The molecule has 2 rings (SSSR count). The number of anilines is 1. The Morgan fingerprint density at radius 3 is 2.52 bits per heavy atom. The second-order valence-electron chi connectivity index (χ2n) is 5.09. The monoisotopic (exact) mass is 313 g/mol. The number of β-amino-alcohol motifs (C(OH)–C–C–N with tert-alkyl or cyclic N) is 1. The van der Waals surface area contributed by atoms with Crippen LogP contribution in [0.1, 0.15) is 23.7 Å². The summed E-state index contributed by atoms with van der Waals surface area (Å²) in [6, 6.07) is 6.28. The molecule has 1 aromatic carbocycles. The lowest BCUT2D eigenvalue weighted by Gasteiger charge is -2.21. The predicted octanol–water partition coefficient (Wildman–Crippen LogP) is 1.16. The lowest BCUT2D eigenvalue weighted by Crippen LogP contribution is -2.45. The van der Waals surface area contributed by atoms with Gasteiger partial charge in [-0.1, -0.05) is 0 Å². The van der Waals surface area contributed by atoms with Gasteiger partial charge >= 0.3 is 6.03 Å². The Labute approximate surface area is 129 Å². The molecule has 21 heavy (non-hydrogen) atoms. The maximum atomic E-state index is 11.7. The first-order valence-corrected chi connectivity index (χ1v) is 6.57. The number of ketones is 1. The van der Waals surface area contributed by atoms with Crippen LogP contribution in [0.3, 0.4) is 0 Å². The van der Waals surface area contributed by atoms with E-state index in [0.29, 0.717) is 24.2 Å². The first kappa shape index (κ1) is 17.4. The fourth-order valence-electron chi connectivity index (χ4n) is 2.09. The summed E-state index contributed by atoms with van der Waals surface area (Å²) >= 11 is 0. The third-order valence-corrected chi connectivity index (χ3v) is 3.35. The van der Waals surface area contributed by atoms with Crippen LogP contribution in [-0.4, -0.2) is 42.2 Å². The van der Waals surface area contributed by atoms with Gasteiger partial charge in [0.25, 0.3) is 0 Å². The van der Waals surface area contributed by atoms with E-state index in [4.69, 9.17) is 0 Å². The maximum Gasteiger partial charge on any atom is 0.319 e. The van der Waals surface area contributed by atoms with Gasteiger partial charge < -0.3 is 21.1 Å². The summed E-state index contributed by atoms with van der Waals surface area (Å²) in [6.07, 6.45) is 0.626. The molecule has 2 amide bonds. The quantitative estimate of drug-likeness (QED) is 0.628. The average Bonchev–Trinajstić information content (AvgIpc) is 2.85. The fraction of sp³-hybridized carbons (Fsp3) is 0.429. The van der Waals surface area contributed by atoms with E-state index < -0.39 is 5.60 Å². The molecule has 1 atom stereocenters. The van der Waals surface area contributed by atoms with Crippen molar-refractivity contribution >= 4 is 29.9 Å². The van der Waals surface area contributed by atoms with Crippen molar-refractivity contribution in [3.8, 4) is 0 Å². The Hall–Kier alpha value is -1.63. The van der Waals surface area contributed by atoms with Gasteiger partial charge in [0.1, 0.15) is 0 Å². The van der Waals surface area contributed by atoms with Crippen molar-refractivity contribution in [2.24, 2.45) is 0 Å². The lowest BCUT2D eigenvalue weighted by molar-refractivity contribution is 0.0640. The molecular formula is C14H20ClN3O3. The molecule has 1 heterocycles. The van der Waals surface area contributed by atoms with Gasteiger partial charge in [-0.3, -0.25) is 4.79 Å². The van der Waals surface area contributed by atoms with Crippen molar-refractivity contribution in [3.05, 3.63) is 29.8 Å². The van der Waals surface area contributed by atoms with Crippen LogP contribution in [0.15, 0.2) is 24.3 Å². The second-order valence-corrected chi connectivity index (χ2v) is 5.09. The number of halogens is 1. The van der Waals surface area contributed by atoms with E-state index in [2.05, 4.69) is 16.0 Å². The number of amides is 2. The van der Waals surface area contributed by atoms with Gasteiger partial charge in [-0.15, -0.1) is 12.4 Å². The van der Waals surface area contributed by atoms with Crippen LogP contribution in [0.4, 0.5) is 10.5 Å². The standard InChI is InChI=1S/C14H19N3O3.ClH/c1-10(18)11-2-4-12(5-3-11)17-13(19)16-9-14(20)6-7-15-8-14;/h2-5,15,20H,6-9H2,1H3,(H2,16,17,19);1H. The van der Waals surface area contributed by atoms with Crippen LogP contribution in [0.25, 0.3) is 0 Å². The van der Waals surface area contributed by atoms with Gasteiger partial charge in [0.15, 0.2) is 5.78 Å². The smallest absolute Gasteiger partial charge is 0.319 e. The first-order valence-electron chi connectivity index (χ1n) is 6.57. The van der Waals surface area contributed by atoms with E-state index in [1.165, 1.54) is 6.92 Å². The normalized spacial score (nSPS) is 20.5. The molecule has 0 saturated carbocycles. The zero-order valence-corrected chi connectivity index (χ0v) is 12.6. The number of urea groups is 1. The Kier molecular flexibility index (Phi) is 6.14. The number of rotatable bonds is 4. The van der Waals surface area contributed by atoms with Crippen LogP contribution >= 0.6 is 12.4 Å². The van der Waals surface area contributed by atoms with E-state index in [0.717, 1.165) is 6.54 Å². The topological polar surface area (TPSA) is 90.5 Å². The van der Waals surface area contributed by atoms with Crippen molar-refractivity contribution in [2.75, 3.05) is 25.0 Å². The number of Topliss-reactive ketones (excluding diaryl/α,β-unsaturated/α-hetero) is 1. The van der Waals surface area contributed by atoms with Gasteiger partial charge in [0.05, 0.1) is 5.60 Å². The van der Waals surface area contributed by atoms with Crippen molar-refractivity contribution in [1.82, 2.24) is 10.6 Å². The Morgan fingerprint density at radius 2 is 2.00 bits per heavy atom. The Balaban J connectivity index is 0.00000220. The molecule has 0 spiro atoms. The zero-order valence-electron chi connectivity index (χ0n) is 11.8. The lowest BCUT2D eigenvalue weighted by atomic mass is 10.0. The first-order chi connectivity index (χ1) is 9.48. The molecule has 6 nitrogen and oxygen atoms in total. The molecule has 0 aliphatic carbocycles. The molecular weight excluding hydrogens is 294 g/mol. The molecule has 1 saturated heterocycles. The van der Waals surface area contributed by atoms with E-state index in [-0.39, 0.29) is 30.8 Å². The molecule has 0 bridgehead atoms. The van der Waals surface area contributed by atoms with Gasteiger partial charge in [0.2, 0.25) is 0 Å². The average molecular weight is 314 g/mol. The molecule has 1 unspecified atom stereocenters. The fourth-order valence-corrected chi connectivity index (χ4v) is 2.09. The molecule has 4 N–H and O–H groups in total. The zero-order chi connectivity index (χ0) is 14.6. The van der Waals surface area contributed by atoms with E-state index in [1.54, 1.807) is 24.3 Å². The number of carbonyl (C=O) groups excluding carboxylic acids is 2. The summed E-state index contributed by atoms with van der Waals surface area (Å²) in [5, 5.41) is 18.4. The minimum atomic E-state index is -0.865. The number of aliphatic hydroxyl groups is 1. The van der Waals surface area contributed by atoms with Crippen molar-refractivity contribution < 1.29 is 14.7 Å². The highest BCUT2D eigenvalue weighted by molar-refractivity contribution is 5.95. The summed E-state index contributed by atoms with van der Waals surface area (Å²) in [5.74, 6) is -0.0167. The highest BCUT2D eigenvalue weighted by Gasteiger charge is 2.31. The molecule has 116 valence electrons. The Bertz CT molecular complexity index is 499. The van der Waals surface area contributed by atoms with Crippen LogP contribution < -0.4 is 16.0 Å². The van der Waals surface area contributed by atoms with Crippen LogP contribution in [0.2, 0.25) is 0 Å². The van der Waals surface area contributed by atoms with E-state index in [1.807, 2.05) is 0 Å². The minimum absolute atomic E-state index is 0. The maximum absolute atomic E-state index is 11.7. The van der Waals surface area contributed by atoms with Crippen LogP contribution in [0.5, 0.6) is 0 Å². The third-order valence-electron chi connectivity index (χ3n) is 3.35. The Morgan fingerprint density at radius 1 is 1.33 bits per heavy atom. The number of hydrogen-bond donors (Lipinski definition) is 4. The van der Waals surface area contributed by atoms with Gasteiger partial charge in [-0.25, -0.2) is 4.79 Å². The molecule has 1 aromatic rings. The molecule has 0 radical (unpaired) electrons. The number of carbonyl (C=O) groups is 2. The number of benzene rings is 1.